The SMILES string of the molecule is O=C1C(O)=C(c2ccc(C(F)(F)F)cc2)C([C@H](O)c2ccccc2)N1c1ccc(Cl)cc1. The molecule has 8 heteroatoms. The molecule has 1 amide bonds. The van der Waals surface area contributed by atoms with Gasteiger partial charge in [-0.3, -0.25) is 9.69 Å². The third-order valence-electron chi connectivity index (χ3n) is 5.32. The highest BCUT2D eigenvalue weighted by atomic mass is 35.5. The predicted molar refractivity (Wildman–Crippen MR) is 115 cm³/mol. The second-order valence-corrected chi connectivity index (χ2v) is 7.73. The Balaban J connectivity index is 1.84. The van der Waals surface area contributed by atoms with Crippen LogP contribution in [0.15, 0.2) is 84.6 Å². The molecule has 0 spiro atoms. The lowest BCUT2D eigenvalue weighted by Crippen LogP contribution is -2.39. The first-order chi connectivity index (χ1) is 15.2. The summed E-state index contributed by atoms with van der Waals surface area (Å²) in [4.78, 5) is 14.3. The number of halogens is 4. The van der Waals surface area contributed by atoms with Gasteiger partial charge >= 0.3 is 6.18 Å². The number of hydrogen-bond donors (Lipinski definition) is 2. The van der Waals surface area contributed by atoms with Crippen LogP contribution in [0.25, 0.3) is 5.57 Å². The van der Waals surface area contributed by atoms with Crippen molar-refractivity contribution >= 4 is 28.8 Å². The number of anilines is 1. The van der Waals surface area contributed by atoms with E-state index >= 15 is 0 Å². The number of alkyl halides is 3. The molecule has 3 aromatic rings. The lowest BCUT2D eigenvalue weighted by molar-refractivity contribution is -0.137. The lowest BCUT2D eigenvalue weighted by Gasteiger charge is -2.31. The van der Waals surface area contributed by atoms with Crippen molar-refractivity contribution in [2.45, 2.75) is 18.3 Å². The zero-order valence-corrected chi connectivity index (χ0v) is 17.2. The van der Waals surface area contributed by atoms with Gasteiger partial charge in [0.15, 0.2) is 5.76 Å². The van der Waals surface area contributed by atoms with E-state index < -0.39 is 35.6 Å². The van der Waals surface area contributed by atoms with Gasteiger partial charge in [-0.25, -0.2) is 0 Å². The summed E-state index contributed by atoms with van der Waals surface area (Å²) in [5.74, 6) is -1.41. The Kier molecular flexibility index (Phi) is 5.71. The zero-order chi connectivity index (χ0) is 23.0. The molecule has 1 heterocycles. The average molecular weight is 460 g/mol. The summed E-state index contributed by atoms with van der Waals surface area (Å²) in [6.07, 6.45) is -5.79. The minimum absolute atomic E-state index is 0.0371. The molecule has 2 atom stereocenters. The highest BCUT2D eigenvalue weighted by Crippen LogP contribution is 2.42. The van der Waals surface area contributed by atoms with Crippen molar-refractivity contribution in [3.63, 3.8) is 0 Å². The number of aliphatic hydroxyl groups excluding tert-OH is 2. The highest BCUT2D eigenvalue weighted by molar-refractivity contribution is 6.30. The van der Waals surface area contributed by atoms with Gasteiger partial charge in [0.25, 0.3) is 5.91 Å². The minimum atomic E-state index is -4.53. The van der Waals surface area contributed by atoms with E-state index in [-0.39, 0.29) is 11.1 Å². The van der Waals surface area contributed by atoms with Gasteiger partial charge < -0.3 is 10.2 Å². The van der Waals surface area contributed by atoms with Crippen LogP contribution in [-0.2, 0) is 11.0 Å². The molecule has 3 aromatic carbocycles. The standard InChI is InChI=1S/C24H17ClF3NO3/c25-17-10-12-18(13-11-17)29-20(21(30)15-4-2-1-3-5-15)19(22(31)23(29)32)14-6-8-16(9-7-14)24(26,27)28/h1-13,20-21,30-31H/t20?,21-/m1/s1. The molecule has 0 saturated heterocycles. The van der Waals surface area contributed by atoms with Crippen molar-refractivity contribution in [2.75, 3.05) is 4.90 Å². The molecule has 0 aromatic heterocycles. The van der Waals surface area contributed by atoms with Crippen LogP contribution in [0.5, 0.6) is 0 Å². The van der Waals surface area contributed by atoms with E-state index in [1.807, 2.05) is 0 Å². The zero-order valence-electron chi connectivity index (χ0n) is 16.4. The van der Waals surface area contributed by atoms with Gasteiger partial charge in [0.1, 0.15) is 6.10 Å². The first-order valence-electron chi connectivity index (χ1n) is 9.61. The molecule has 0 radical (unpaired) electrons. The number of hydrogen-bond acceptors (Lipinski definition) is 3. The van der Waals surface area contributed by atoms with E-state index in [4.69, 9.17) is 11.6 Å². The summed E-state index contributed by atoms with van der Waals surface area (Å²) >= 11 is 5.95. The van der Waals surface area contributed by atoms with Crippen molar-refractivity contribution in [2.24, 2.45) is 0 Å². The van der Waals surface area contributed by atoms with E-state index in [1.165, 1.54) is 17.0 Å². The maximum atomic E-state index is 13.0. The molecule has 0 fully saturated rings. The molecule has 2 N–H and O–H groups in total. The van der Waals surface area contributed by atoms with Crippen molar-refractivity contribution in [3.05, 3.63) is 106 Å². The molecular formula is C24H17ClF3NO3. The summed E-state index contributed by atoms with van der Waals surface area (Å²) in [5, 5.41) is 22.4. The Hall–Kier alpha value is -3.29. The number of rotatable bonds is 4. The van der Waals surface area contributed by atoms with Gasteiger partial charge in [0, 0.05) is 16.3 Å². The Labute approximate surface area is 186 Å². The van der Waals surface area contributed by atoms with Crippen molar-refractivity contribution in [3.8, 4) is 0 Å². The van der Waals surface area contributed by atoms with Gasteiger partial charge in [-0.1, -0.05) is 54.1 Å². The van der Waals surface area contributed by atoms with Gasteiger partial charge in [-0.15, -0.1) is 0 Å². The number of carbonyl (C=O) groups is 1. The Morgan fingerprint density at radius 2 is 1.50 bits per heavy atom. The van der Waals surface area contributed by atoms with E-state index in [2.05, 4.69) is 0 Å². The first kappa shape index (κ1) is 21.9. The largest absolute Gasteiger partial charge is 0.503 e. The van der Waals surface area contributed by atoms with Crippen LogP contribution in [0.4, 0.5) is 18.9 Å². The number of aliphatic hydroxyl groups is 2. The fourth-order valence-corrected chi connectivity index (χ4v) is 3.91. The van der Waals surface area contributed by atoms with Gasteiger partial charge in [-0.05, 0) is 47.5 Å². The summed E-state index contributed by atoms with van der Waals surface area (Å²) in [6.45, 7) is 0. The normalized spacial score (nSPS) is 17.7. The molecule has 1 unspecified atom stereocenters. The Morgan fingerprint density at radius 3 is 2.06 bits per heavy atom. The van der Waals surface area contributed by atoms with Crippen LogP contribution in [0.1, 0.15) is 22.8 Å². The maximum Gasteiger partial charge on any atom is 0.416 e. The maximum absolute atomic E-state index is 13.0. The fourth-order valence-electron chi connectivity index (χ4n) is 3.78. The number of nitrogens with zero attached hydrogens (tertiary/aromatic N) is 1. The second-order valence-electron chi connectivity index (χ2n) is 7.29. The van der Waals surface area contributed by atoms with E-state index in [0.29, 0.717) is 16.3 Å². The third kappa shape index (κ3) is 3.97. The molecule has 0 bridgehead atoms. The number of benzene rings is 3. The average Bonchev–Trinajstić information content (AvgIpc) is 3.04. The Bertz CT molecular complexity index is 1160. The number of carbonyl (C=O) groups excluding carboxylic acids is 1. The van der Waals surface area contributed by atoms with Crippen LogP contribution < -0.4 is 4.90 Å². The predicted octanol–water partition coefficient (Wildman–Crippen LogP) is 5.78. The second kappa shape index (κ2) is 8.33. The van der Waals surface area contributed by atoms with Crippen molar-refractivity contribution < 1.29 is 28.2 Å². The molecular weight excluding hydrogens is 443 g/mol. The van der Waals surface area contributed by atoms with Crippen molar-refractivity contribution in [1.82, 2.24) is 0 Å². The summed E-state index contributed by atoms with van der Waals surface area (Å²) < 4.78 is 39.0. The highest BCUT2D eigenvalue weighted by Gasteiger charge is 2.45. The van der Waals surface area contributed by atoms with E-state index in [0.717, 1.165) is 12.1 Å². The monoisotopic (exact) mass is 459 g/mol. The molecule has 1 aliphatic rings. The molecule has 164 valence electrons. The van der Waals surface area contributed by atoms with Crippen LogP contribution >= 0.6 is 11.6 Å². The summed E-state index contributed by atoms with van der Waals surface area (Å²) in [6, 6.07) is 17.8. The van der Waals surface area contributed by atoms with E-state index in [1.54, 1.807) is 54.6 Å². The molecule has 4 rings (SSSR count). The topological polar surface area (TPSA) is 60.8 Å². The quantitative estimate of drug-likeness (QED) is 0.520. The van der Waals surface area contributed by atoms with Gasteiger partial charge in [-0.2, -0.15) is 13.2 Å². The van der Waals surface area contributed by atoms with Crippen LogP contribution in [-0.4, -0.2) is 22.2 Å². The van der Waals surface area contributed by atoms with Gasteiger partial charge in [0.2, 0.25) is 0 Å². The molecule has 0 saturated carbocycles. The molecule has 1 aliphatic heterocycles. The number of amides is 1. The minimum Gasteiger partial charge on any atom is -0.503 e. The van der Waals surface area contributed by atoms with Crippen LogP contribution in [0.2, 0.25) is 5.02 Å². The molecule has 32 heavy (non-hydrogen) atoms. The summed E-state index contributed by atoms with van der Waals surface area (Å²) in [5.41, 5.74) is 0.215. The smallest absolute Gasteiger partial charge is 0.416 e. The van der Waals surface area contributed by atoms with Crippen LogP contribution in [0.3, 0.4) is 0 Å². The van der Waals surface area contributed by atoms with Gasteiger partial charge in [0.05, 0.1) is 11.6 Å². The van der Waals surface area contributed by atoms with E-state index in [9.17, 15) is 28.2 Å². The lowest BCUT2D eigenvalue weighted by atomic mass is 9.91. The third-order valence-corrected chi connectivity index (χ3v) is 5.57. The molecule has 0 aliphatic carbocycles. The Morgan fingerprint density at radius 1 is 0.906 bits per heavy atom. The summed E-state index contributed by atoms with van der Waals surface area (Å²) in [7, 11) is 0. The molecule has 4 nitrogen and oxygen atoms in total. The van der Waals surface area contributed by atoms with Crippen LogP contribution in [0, 0.1) is 0 Å². The fraction of sp³-hybridized carbons (Fsp3) is 0.125. The van der Waals surface area contributed by atoms with Crippen molar-refractivity contribution in [1.29, 1.82) is 0 Å². The first-order valence-corrected chi connectivity index (χ1v) is 9.99.